The fraction of sp³-hybridized carbons (Fsp3) is 0.231. The molecule has 0 spiro atoms. The lowest BCUT2D eigenvalue weighted by Crippen LogP contribution is -2.68. The van der Waals surface area contributed by atoms with Gasteiger partial charge in [0.1, 0.15) is 28.8 Å². The van der Waals surface area contributed by atoms with Gasteiger partial charge in [0.15, 0.2) is 5.54 Å². The van der Waals surface area contributed by atoms with E-state index >= 15 is 0 Å². The predicted molar refractivity (Wildman–Crippen MR) is 140 cm³/mol. The van der Waals surface area contributed by atoms with Crippen molar-refractivity contribution in [3.8, 4) is 23.0 Å². The van der Waals surface area contributed by atoms with Crippen LogP contribution in [-0.4, -0.2) is 45.8 Å². The van der Waals surface area contributed by atoms with Gasteiger partial charge in [0.05, 0.1) is 62.5 Å². The highest BCUT2D eigenvalue weighted by atomic mass is 35.5. The molecule has 4 rings (SSSR count). The second-order valence-electron chi connectivity index (χ2n) is 7.98. The molecule has 9 nitrogen and oxygen atoms in total. The van der Waals surface area contributed by atoms with Crippen LogP contribution in [0.3, 0.4) is 0 Å². The van der Waals surface area contributed by atoms with Gasteiger partial charge in [-0.1, -0.05) is 23.2 Å². The lowest BCUT2D eigenvalue weighted by atomic mass is 9.81. The van der Waals surface area contributed by atoms with Crippen molar-refractivity contribution in [2.75, 3.05) is 38.7 Å². The average Bonchev–Trinajstić information content (AvgIpc) is 3.40. The molecule has 1 aliphatic rings. The molecule has 0 aliphatic carbocycles. The summed E-state index contributed by atoms with van der Waals surface area (Å²) in [6.07, 6.45) is 4.59. The molecule has 2 aromatic carbocycles. The number of benzene rings is 2. The first kappa shape index (κ1) is 26.2. The number of hydrogen-bond donors (Lipinski definition) is 1. The Morgan fingerprint density at radius 1 is 0.973 bits per heavy atom. The number of nitrogens with one attached hydrogen (secondary N) is 1. The van der Waals surface area contributed by atoms with E-state index in [0.717, 1.165) is 0 Å². The van der Waals surface area contributed by atoms with Gasteiger partial charge in [-0.2, -0.15) is 0 Å². The molecule has 37 heavy (non-hydrogen) atoms. The third-order valence-corrected chi connectivity index (χ3v) is 6.54. The Labute approximate surface area is 223 Å². The van der Waals surface area contributed by atoms with Crippen molar-refractivity contribution >= 4 is 52.5 Å². The van der Waals surface area contributed by atoms with E-state index < -0.39 is 11.4 Å². The van der Waals surface area contributed by atoms with E-state index in [2.05, 4.69) is 5.32 Å². The molecular formula is C26H24Cl2N2O7. The summed E-state index contributed by atoms with van der Waals surface area (Å²) in [5.41, 5.74) is -0.876. The number of ether oxygens (including phenoxy) is 4. The van der Waals surface area contributed by atoms with Crippen LogP contribution in [0.25, 0.3) is 6.08 Å². The molecule has 2 amide bonds. The molecule has 3 aromatic rings. The largest absolute Gasteiger partial charge is 0.495 e. The molecule has 1 aliphatic heterocycles. The minimum Gasteiger partial charge on any atom is -0.495 e. The van der Waals surface area contributed by atoms with Gasteiger partial charge in [0.25, 0.3) is 5.91 Å². The summed E-state index contributed by atoms with van der Waals surface area (Å²) in [5, 5.41) is 3.35. The Balaban J connectivity index is 1.82. The van der Waals surface area contributed by atoms with Crippen LogP contribution in [0, 0.1) is 0 Å². The van der Waals surface area contributed by atoms with Crippen LogP contribution in [-0.2, 0) is 9.59 Å². The maximum Gasteiger partial charge on any atom is 0.255 e. The summed E-state index contributed by atoms with van der Waals surface area (Å²) in [4.78, 5) is 28.3. The van der Waals surface area contributed by atoms with Gasteiger partial charge >= 0.3 is 0 Å². The van der Waals surface area contributed by atoms with Gasteiger partial charge in [-0.05, 0) is 36.4 Å². The van der Waals surface area contributed by atoms with Gasteiger partial charge in [0.2, 0.25) is 5.91 Å². The number of rotatable bonds is 9. The molecule has 0 saturated carbocycles. The van der Waals surface area contributed by atoms with E-state index in [4.69, 9.17) is 46.6 Å². The summed E-state index contributed by atoms with van der Waals surface area (Å²) in [6, 6.07) is 9.57. The smallest absolute Gasteiger partial charge is 0.255 e. The van der Waals surface area contributed by atoms with Gasteiger partial charge in [-0.15, -0.1) is 0 Å². The summed E-state index contributed by atoms with van der Waals surface area (Å²) in [7, 11) is 5.83. The highest BCUT2D eigenvalue weighted by Gasteiger charge is 2.56. The van der Waals surface area contributed by atoms with Gasteiger partial charge < -0.3 is 28.7 Å². The second-order valence-corrected chi connectivity index (χ2v) is 8.79. The zero-order valence-corrected chi connectivity index (χ0v) is 22.0. The predicted octanol–water partition coefficient (Wildman–Crippen LogP) is 5.45. The molecule has 1 saturated heterocycles. The maximum atomic E-state index is 13.9. The molecule has 1 N–H and O–H groups in total. The van der Waals surface area contributed by atoms with Gasteiger partial charge in [0, 0.05) is 12.1 Å². The first-order valence-corrected chi connectivity index (χ1v) is 11.7. The number of amides is 2. The summed E-state index contributed by atoms with van der Waals surface area (Å²) in [6.45, 7) is 0. The fourth-order valence-corrected chi connectivity index (χ4v) is 4.55. The number of carbonyl (C=O) groups is 2. The second kappa shape index (κ2) is 10.7. The molecule has 1 aromatic heterocycles. The van der Waals surface area contributed by atoms with Crippen LogP contribution >= 0.6 is 23.2 Å². The zero-order chi connectivity index (χ0) is 26.7. The molecule has 1 atom stereocenters. The van der Waals surface area contributed by atoms with Gasteiger partial charge in [-0.25, -0.2) is 0 Å². The molecule has 0 radical (unpaired) electrons. The van der Waals surface area contributed by atoms with Crippen molar-refractivity contribution in [3.63, 3.8) is 0 Å². The third kappa shape index (κ3) is 4.80. The Kier molecular flexibility index (Phi) is 7.56. The highest BCUT2D eigenvalue weighted by molar-refractivity contribution is 6.33. The lowest BCUT2D eigenvalue weighted by molar-refractivity contribution is -0.134. The topological polar surface area (TPSA) is 99.5 Å². The van der Waals surface area contributed by atoms with E-state index in [0.29, 0.717) is 40.1 Å². The number of β-lactam (4-membered cyclic amide) rings is 1. The highest BCUT2D eigenvalue weighted by Crippen LogP contribution is 2.47. The van der Waals surface area contributed by atoms with Crippen LogP contribution in [0.15, 0.2) is 53.2 Å². The number of hydrogen-bond acceptors (Lipinski definition) is 7. The molecular weight excluding hydrogens is 523 g/mol. The normalized spacial score (nSPS) is 16.9. The van der Waals surface area contributed by atoms with Crippen molar-refractivity contribution in [2.24, 2.45) is 0 Å². The first-order chi connectivity index (χ1) is 17.8. The van der Waals surface area contributed by atoms with Crippen molar-refractivity contribution in [1.29, 1.82) is 0 Å². The first-order valence-electron chi connectivity index (χ1n) is 11.0. The average molecular weight is 547 g/mol. The molecule has 194 valence electrons. The quantitative estimate of drug-likeness (QED) is 0.356. The molecule has 1 fully saturated rings. The fourth-order valence-electron chi connectivity index (χ4n) is 4.07. The van der Waals surface area contributed by atoms with Gasteiger partial charge in [-0.3, -0.25) is 14.5 Å². The maximum absolute atomic E-state index is 13.9. The Morgan fingerprint density at radius 3 is 2.16 bits per heavy atom. The minimum absolute atomic E-state index is 0.130. The molecule has 0 bridgehead atoms. The van der Waals surface area contributed by atoms with Crippen molar-refractivity contribution < 1.29 is 33.0 Å². The van der Waals surface area contributed by atoms with Crippen LogP contribution in [0.4, 0.5) is 11.4 Å². The minimum atomic E-state index is -1.47. The Bertz CT molecular complexity index is 1360. The number of furan rings is 1. The Hall–Kier alpha value is -3.82. The van der Waals surface area contributed by atoms with E-state index in [9.17, 15) is 9.59 Å². The summed E-state index contributed by atoms with van der Waals surface area (Å²) < 4.78 is 26.8. The number of nitrogens with zero attached hydrogens (tertiary/aromatic N) is 1. The van der Waals surface area contributed by atoms with E-state index in [1.165, 1.54) is 51.7 Å². The number of halogens is 2. The van der Waals surface area contributed by atoms with E-state index in [1.807, 2.05) is 0 Å². The molecule has 2 heterocycles. The zero-order valence-electron chi connectivity index (χ0n) is 20.5. The van der Waals surface area contributed by atoms with Crippen LogP contribution in [0.2, 0.25) is 10.0 Å². The monoisotopic (exact) mass is 546 g/mol. The number of anilines is 2. The third-order valence-electron chi connectivity index (χ3n) is 5.95. The van der Waals surface area contributed by atoms with Crippen LogP contribution < -0.4 is 29.2 Å². The molecule has 1 unspecified atom stereocenters. The van der Waals surface area contributed by atoms with E-state index in [1.54, 1.807) is 36.4 Å². The standard InChI is InChI=1S/C26H24Cl2N2O7/c1-33-20-12-22(35-3)18(10-16(20)27)29-25(32)26(8-7-15-6-5-9-37-15)14-24(31)30(26)19-11-17(28)21(34-2)13-23(19)36-4/h5-13H,14H2,1-4H3,(H,29,32). The van der Waals surface area contributed by atoms with Crippen molar-refractivity contribution in [2.45, 2.75) is 12.0 Å². The number of carbonyl (C=O) groups excluding carboxylic acids is 2. The van der Waals surface area contributed by atoms with Crippen LogP contribution in [0.5, 0.6) is 23.0 Å². The van der Waals surface area contributed by atoms with E-state index in [-0.39, 0.29) is 22.4 Å². The Morgan fingerprint density at radius 2 is 1.59 bits per heavy atom. The van der Waals surface area contributed by atoms with Crippen molar-refractivity contribution in [3.05, 3.63) is 64.5 Å². The van der Waals surface area contributed by atoms with Crippen LogP contribution in [0.1, 0.15) is 12.2 Å². The summed E-state index contributed by atoms with van der Waals surface area (Å²) >= 11 is 12.7. The number of methoxy groups -OCH3 is 4. The summed E-state index contributed by atoms with van der Waals surface area (Å²) in [5.74, 6) is 0.999. The lowest BCUT2D eigenvalue weighted by Gasteiger charge is -2.49. The SMILES string of the molecule is COc1cc(OC)c(NC(=O)C2(C=Cc3ccco3)CC(=O)N2c2cc(Cl)c(OC)cc2OC)cc1Cl. The van der Waals surface area contributed by atoms with Crippen molar-refractivity contribution in [1.82, 2.24) is 0 Å². The molecule has 11 heteroatoms.